The summed E-state index contributed by atoms with van der Waals surface area (Å²) in [5.74, 6) is 2.40. The van der Waals surface area contributed by atoms with Gasteiger partial charge in [0.1, 0.15) is 11.6 Å². The minimum absolute atomic E-state index is 0.358. The van der Waals surface area contributed by atoms with Crippen LogP contribution in [0.4, 0.5) is 11.6 Å². The Hall–Kier alpha value is -3.60. The first-order valence-corrected chi connectivity index (χ1v) is 12.3. The van der Waals surface area contributed by atoms with Crippen molar-refractivity contribution in [2.24, 2.45) is 0 Å². The van der Waals surface area contributed by atoms with Crippen molar-refractivity contribution in [1.29, 1.82) is 0 Å². The van der Waals surface area contributed by atoms with Crippen LogP contribution in [0, 0.1) is 0 Å². The predicted octanol–water partition coefficient (Wildman–Crippen LogP) is 7.16. The fourth-order valence-corrected chi connectivity index (χ4v) is 4.78. The van der Waals surface area contributed by atoms with Crippen LogP contribution in [-0.2, 0) is 12.8 Å². The van der Waals surface area contributed by atoms with Crippen LogP contribution < -0.4 is 11.5 Å². The Balaban J connectivity index is 1.34. The fourth-order valence-electron chi connectivity index (χ4n) is 4.78. The van der Waals surface area contributed by atoms with E-state index in [0.29, 0.717) is 23.1 Å². The first-order chi connectivity index (χ1) is 16.5. The maximum Gasteiger partial charge on any atom is 0.176 e. The number of aromatic nitrogens is 2. The van der Waals surface area contributed by atoms with Gasteiger partial charge in [-0.25, -0.2) is 9.97 Å². The number of rotatable bonds is 8. The summed E-state index contributed by atoms with van der Waals surface area (Å²) in [6.07, 6.45) is 6.36. The van der Waals surface area contributed by atoms with Crippen molar-refractivity contribution in [3.05, 3.63) is 71.5 Å². The fraction of sp³-hybridized carbons (Fsp3) is 0.310. The summed E-state index contributed by atoms with van der Waals surface area (Å²) < 4.78 is 6.12. The molecule has 4 N–H and O–H groups in total. The molecular formula is C29H32N4O. The molecule has 3 aromatic heterocycles. The quantitative estimate of drug-likeness (QED) is 0.244. The van der Waals surface area contributed by atoms with Gasteiger partial charge in [0.25, 0.3) is 0 Å². The third-order valence-corrected chi connectivity index (χ3v) is 6.85. The Bertz CT molecular complexity index is 1470. The van der Waals surface area contributed by atoms with Crippen LogP contribution in [0.5, 0.6) is 0 Å². The average molecular weight is 453 g/mol. The molecule has 0 saturated heterocycles. The molecule has 34 heavy (non-hydrogen) atoms. The Morgan fingerprint density at radius 2 is 1.68 bits per heavy atom. The summed E-state index contributed by atoms with van der Waals surface area (Å²) >= 11 is 0. The number of fused-ring (bicyclic) bond motifs is 4. The molecule has 0 fully saturated rings. The maximum absolute atomic E-state index is 6.28. The first kappa shape index (κ1) is 22.2. The molecule has 0 radical (unpaired) electrons. The number of furan rings is 1. The molecule has 2 aromatic carbocycles. The highest BCUT2D eigenvalue weighted by Crippen LogP contribution is 2.32. The van der Waals surface area contributed by atoms with E-state index in [1.165, 1.54) is 18.4 Å². The topological polar surface area (TPSA) is 91.0 Å². The van der Waals surface area contributed by atoms with Crippen LogP contribution in [0.15, 0.2) is 59.0 Å². The predicted molar refractivity (Wildman–Crippen MR) is 142 cm³/mol. The van der Waals surface area contributed by atoms with Crippen molar-refractivity contribution >= 4 is 44.4 Å². The van der Waals surface area contributed by atoms with Crippen LogP contribution in [0.1, 0.15) is 62.3 Å². The number of hydrogen-bond donors (Lipinski definition) is 2. The summed E-state index contributed by atoms with van der Waals surface area (Å²) in [7, 11) is 0. The molecular weight excluding hydrogens is 420 g/mol. The Morgan fingerprint density at radius 3 is 2.53 bits per heavy atom. The number of nitrogens with two attached hydrogens (primary N) is 2. The monoisotopic (exact) mass is 452 g/mol. The van der Waals surface area contributed by atoms with Gasteiger partial charge in [0.15, 0.2) is 11.4 Å². The average Bonchev–Trinajstić information content (AvgIpc) is 3.28. The zero-order valence-electron chi connectivity index (χ0n) is 20.0. The first-order valence-electron chi connectivity index (χ1n) is 12.3. The molecule has 174 valence electrons. The molecule has 0 aliphatic carbocycles. The lowest BCUT2D eigenvalue weighted by molar-refractivity contribution is 0.524. The second kappa shape index (κ2) is 9.34. The Morgan fingerprint density at radius 1 is 0.853 bits per heavy atom. The normalized spacial score (nSPS) is 12.6. The molecule has 0 aliphatic rings. The number of anilines is 2. The Labute approximate surface area is 200 Å². The van der Waals surface area contributed by atoms with E-state index in [0.717, 1.165) is 64.2 Å². The van der Waals surface area contributed by atoms with Crippen LogP contribution in [0.2, 0.25) is 0 Å². The van der Waals surface area contributed by atoms with Gasteiger partial charge in [-0.15, -0.1) is 0 Å². The molecule has 1 unspecified atom stereocenters. The standard InChI is InChI=1S/C29H32N4O/c1-3-4-5-8-21-15-20-13-12-19(16-26(20)33-28(21)30)18(2)11-14-22-17-24-23-9-6-7-10-25(23)32-29(31)27(24)34-22/h6-7,9-10,12-13,15-18H,3-5,8,11,14H2,1-2H3,(H2,30,33)(H2,31,32). The van der Waals surface area contributed by atoms with E-state index in [-0.39, 0.29) is 0 Å². The molecule has 0 aliphatic heterocycles. The molecule has 5 nitrogen and oxygen atoms in total. The van der Waals surface area contributed by atoms with Crippen molar-refractivity contribution in [1.82, 2.24) is 9.97 Å². The summed E-state index contributed by atoms with van der Waals surface area (Å²) in [6.45, 7) is 4.46. The second-order valence-corrected chi connectivity index (χ2v) is 9.35. The number of hydrogen-bond acceptors (Lipinski definition) is 5. The van der Waals surface area contributed by atoms with Gasteiger partial charge in [0, 0.05) is 22.6 Å². The minimum atomic E-state index is 0.358. The largest absolute Gasteiger partial charge is 0.457 e. The van der Waals surface area contributed by atoms with Crippen LogP contribution >= 0.6 is 0 Å². The van der Waals surface area contributed by atoms with Gasteiger partial charge in [-0.1, -0.05) is 57.0 Å². The van der Waals surface area contributed by atoms with Crippen LogP contribution in [-0.4, -0.2) is 9.97 Å². The van der Waals surface area contributed by atoms with Gasteiger partial charge in [0.05, 0.1) is 11.0 Å². The molecule has 0 saturated carbocycles. The van der Waals surface area contributed by atoms with Gasteiger partial charge in [-0.2, -0.15) is 0 Å². The molecule has 5 heteroatoms. The van der Waals surface area contributed by atoms with E-state index in [1.807, 2.05) is 18.2 Å². The summed E-state index contributed by atoms with van der Waals surface area (Å²) in [4.78, 5) is 9.21. The second-order valence-electron chi connectivity index (χ2n) is 9.35. The number of nitrogens with zero attached hydrogens (tertiary/aromatic N) is 2. The zero-order chi connectivity index (χ0) is 23.7. The van der Waals surface area contributed by atoms with Gasteiger partial charge in [0.2, 0.25) is 0 Å². The van der Waals surface area contributed by atoms with E-state index in [1.54, 1.807) is 0 Å². The van der Waals surface area contributed by atoms with Gasteiger partial charge in [-0.05, 0) is 60.6 Å². The lowest BCUT2D eigenvalue weighted by Crippen LogP contribution is -2.00. The summed E-state index contributed by atoms with van der Waals surface area (Å²) in [5, 5.41) is 3.26. The van der Waals surface area contributed by atoms with E-state index in [2.05, 4.69) is 55.2 Å². The Kier molecular flexibility index (Phi) is 6.10. The highest BCUT2D eigenvalue weighted by molar-refractivity contribution is 6.07. The molecule has 3 heterocycles. The molecule has 0 spiro atoms. The molecule has 0 amide bonds. The molecule has 5 aromatic rings. The third kappa shape index (κ3) is 4.30. The van der Waals surface area contributed by atoms with Crippen molar-refractivity contribution in [2.45, 2.75) is 58.3 Å². The smallest absolute Gasteiger partial charge is 0.176 e. The number of benzene rings is 2. The highest BCUT2D eigenvalue weighted by Gasteiger charge is 2.14. The van der Waals surface area contributed by atoms with E-state index in [4.69, 9.17) is 20.9 Å². The maximum atomic E-state index is 6.28. The lowest BCUT2D eigenvalue weighted by atomic mass is 9.94. The molecule has 0 bridgehead atoms. The zero-order valence-corrected chi connectivity index (χ0v) is 20.0. The van der Waals surface area contributed by atoms with Gasteiger partial charge >= 0.3 is 0 Å². The SMILES string of the molecule is CCCCCc1cc2ccc(C(C)CCc3cc4c(o3)c(N)nc3ccccc34)cc2nc1N. The minimum Gasteiger partial charge on any atom is -0.457 e. The van der Waals surface area contributed by atoms with E-state index in [9.17, 15) is 0 Å². The van der Waals surface area contributed by atoms with E-state index >= 15 is 0 Å². The number of pyridine rings is 2. The van der Waals surface area contributed by atoms with Crippen LogP contribution in [0.3, 0.4) is 0 Å². The van der Waals surface area contributed by atoms with Crippen molar-refractivity contribution in [2.75, 3.05) is 11.5 Å². The number of aryl methyl sites for hydroxylation is 2. The van der Waals surface area contributed by atoms with Crippen molar-refractivity contribution in [3.63, 3.8) is 0 Å². The van der Waals surface area contributed by atoms with Crippen LogP contribution in [0.25, 0.3) is 32.8 Å². The van der Waals surface area contributed by atoms with Gasteiger partial charge in [-0.3, -0.25) is 0 Å². The number of nitrogen functional groups attached to an aromatic ring is 2. The van der Waals surface area contributed by atoms with Crippen molar-refractivity contribution in [3.8, 4) is 0 Å². The van der Waals surface area contributed by atoms with Gasteiger partial charge < -0.3 is 15.9 Å². The number of unbranched alkanes of at least 4 members (excludes halogenated alkanes) is 2. The third-order valence-electron chi connectivity index (χ3n) is 6.85. The highest BCUT2D eigenvalue weighted by atomic mass is 16.3. The lowest BCUT2D eigenvalue weighted by Gasteiger charge is -2.13. The summed E-state index contributed by atoms with van der Waals surface area (Å²) in [6, 6.07) is 18.9. The molecule has 5 rings (SSSR count). The van der Waals surface area contributed by atoms with Crippen molar-refractivity contribution < 1.29 is 4.42 Å². The van der Waals surface area contributed by atoms with E-state index < -0.39 is 0 Å². The summed E-state index contributed by atoms with van der Waals surface area (Å²) in [5.41, 5.74) is 17.4. The molecule has 1 atom stereocenters. The number of para-hydroxylation sites is 1.